The number of halogens is 1. The molecule has 0 amide bonds. The number of carbonyl (C=O) groups is 1. The van der Waals surface area contributed by atoms with Crippen molar-refractivity contribution < 1.29 is 13.9 Å². The van der Waals surface area contributed by atoms with Gasteiger partial charge in [-0.1, -0.05) is 12.1 Å². The molecule has 6 heteroatoms. The van der Waals surface area contributed by atoms with E-state index in [0.717, 1.165) is 0 Å². The van der Waals surface area contributed by atoms with Crippen LogP contribution in [0, 0.1) is 17.1 Å². The molecule has 0 atom stereocenters. The normalized spacial score (nSPS) is 11.9. The number of aromatic nitrogens is 2. The summed E-state index contributed by atoms with van der Waals surface area (Å²) in [4.78, 5) is 17.6. The fraction of sp³-hybridized carbons (Fsp3) is 0.0455. The first-order valence-corrected chi connectivity index (χ1v) is 8.63. The van der Waals surface area contributed by atoms with E-state index in [1.165, 1.54) is 16.7 Å². The number of hydrogen-bond acceptors (Lipinski definition) is 4. The summed E-state index contributed by atoms with van der Waals surface area (Å²) in [5.41, 5.74) is 3.26. The first-order valence-electron chi connectivity index (χ1n) is 8.63. The van der Waals surface area contributed by atoms with Crippen molar-refractivity contribution in [3.8, 4) is 23.2 Å². The van der Waals surface area contributed by atoms with Crippen molar-refractivity contribution in [1.82, 2.24) is 9.55 Å². The molecule has 1 aliphatic rings. The van der Waals surface area contributed by atoms with Crippen LogP contribution >= 0.6 is 0 Å². The Kier molecular flexibility index (Phi) is 3.49. The summed E-state index contributed by atoms with van der Waals surface area (Å²) >= 11 is 0. The summed E-state index contributed by atoms with van der Waals surface area (Å²) in [7, 11) is 0. The van der Waals surface area contributed by atoms with Gasteiger partial charge in [0.1, 0.15) is 29.4 Å². The Hall–Kier alpha value is -3.98. The minimum absolute atomic E-state index is 0.103. The number of nitriles is 1. The maximum Gasteiger partial charge on any atom is 0.268 e. The Bertz CT molecular complexity index is 1320. The maximum absolute atomic E-state index is 13.5. The van der Waals surface area contributed by atoms with Crippen molar-refractivity contribution in [2.75, 3.05) is 0 Å². The fourth-order valence-corrected chi connectivity index (χ4v) is 3.49. The fourth-order valence-electron chi connectivity index (χ4n) is 3.49. The molecule has 0 fully saturated rings. The summed E-state index contributed by atoms with van der Waals surface area (Å²) < 4.78 is 21.0. The number of pyridine rings is 1. The van der Waals surface area contributed by atoms with E-state index in [1.54, 1.807) is 42.6 Å². The zero-order valence-corrected chi connectivity index (χ0v) is 14.5. The Morgan fingerprint density at radius 2 is 2.04 bits per heavy atom. The lowest BCUT2D eigenvalue weighted by Crippen LogP contribution is -2.08. The zero-order valence-electron chi connectivity index (χ0n) is 14.5. The van der Waals surface area contributed by atoms with Crippen molar-refractivity contribution in [3.63, 3.8) is 0 Å². The minimum Gasteiger partial charge on any atom is -0.487 e. The van der Waals surface area contributed by atoms with Crippen LogP contribution in [0.3, 0.4) is 0 Å². The molecule has 0 spiro atoms. The standard InChI is InChI=1S/C22H12FN3O2/c23-15-4-1-3-14(9-15)12-28-21-16-7-6-13(11-24)10-17(16)25-20-18-5-2-8-26(18)22(27)19(20)21/h1-10H,12H2. The van der Waals surface area contributed by atoms with Crippen LogP contribution in [0.15, 0.2) is 60.8 Å². The molecule has 0 saturated carbocycles. The van der Waals surface area contributed by atoms with E-state index in [0.29, 0.717) is 44.7 Å². The van der Waals surface area contributed by atoms with Crippen LogP contribution in [0.1, 0.15) is 21.5 Å². The van der Waals surface area contributed by atoms with Crippen molar-refractivity contribution in [1.29, 1.82) is 5.26 Å². The first kappa shape index (κ1) is 16.2. The first-order chi connectivity index (χ1) is 13.7. The lowest BCUT2D eigenvalue weighted by Gasteiger charge is -2.13. The van der Waals surface area contributed by atoms with Crippen molar-refractivity contribution in [3.05, 3.63) is 83.3 Å². The molecule has 0 unspecified atom stereocenters. The van der Waals surface area contributed by atoms with E-state index in [9.17, 15) is 14.4 Å². The van der Waals surface area contributed by atoms with E-state index in [4.69, 9.17) is 4.74 Å². The quantitative estimate of drug-likeness (QED) is 0.476. The Morgan fingerprint density at radius 3 is 2.86 bits per heavy atom. The van der Waals surface area contributed by atoms with Gasteiger partial charge in [-0.3, -0.25) is 9.36 Å². The summed E-state index contributed by atoms with van der Waals surface area (Å²) in [6, 6.07) is 16.9. The van der Waals surface area contributed by atoms with Crippen LogP contribution in [-0.4, -0.2) is 15.5 Å². The van der Waals surface area contributed by atoms with Crippen LogP contribution in [0.2, 0.25) is 0 Å². The Labute approximate surface area is 159 Å². The number of carbonyl (C=O) groups excluding carboxylic acids is 1. The SMILES string of the molecule is N#Cc1ccc2c(OCc3cccc(F)c3)c3c(nc2c1)-c1cccn1C3=O. The monoisotopic (exact) mass is 369 g/mol. The van der Waals surface area contributed by atoms with Crippen molar-refractivity contribution >= 4 is 16.8 Å². The van der Waals surface area contributed by atoms with Gasteiger partial charge in [-0.2, -0.15) is 5.26 Å². The topological polar surface area (TPSA) is 67.9 Å². The molecule has 5 nitrogen and oxygen atoms in total. The van der Waals surface area contributed by atoms with E-state index in [1.807, 2.05) is 6.07 Å². The number of ether oxygens (including phenoxy) is 1. The molecule has 5 rings (SSSR count). The minimum atomic E-state index is -0.350. The predicted molar refractivity (Wildman–Crippen MR) is 100 cm³/mol. The lowest BCUT2D eigenvalue weighted by molar-refractivity contribution is 0.0965. The molecule has 2 aromatic heterocycles. The highest BCUT2D eigenvalue weighted by molar-refractivity contribution is 6.13. The molecule has 28 heavy (non-hydrogen) atoms. The highest BCUT2D eigenvalue weighted by atomic mass is 19.1. The lowest BCUT2D eigenvalue weighted by atomic mass is 10.1. The highest BCUT2D eigenvalue weighted by Gasteiger charge is 2.32. The molecule has 0 radical (unpaired) electrons. The van der Waals surface area contributed by atoms with Crippen LogP contribution in [0.4, 0.5) is 4.39 Å². The molecule has 4 aromatic rings. The average molecular weight is 369 g/mol. The van der Waals surface area contributed by atoms with E-state index in [2.05, 4.69) is 11.1 Å². The second-order valence-corrected chi connectivity index (χ2v) is 6.50. The van der Waals surface area contributed by atoms with Crippen LogP contribution in [-0.2, 0) is 6.61 Å². The zero-order chi connectivity index (χ0) is 19.3. The Morgan fingerprint density at radius 1 is 1.14 bits per heavy atom. The van der Waals surface area contributed by atoms with Gasteiger partial charge < -0.3 is 4.74 Å². The van der Waals surface area contributed by atoms with E-state index >= 15 is 0 Å². The van der Waals surface area contributed by atoms with Crippen molar-refractivity contribution in [2.45, 2.75) is 6.61 Å². The molecule has 3 heterocycles. The van der Waals surface area contributed by atoms with Gasteiger partial charge in [-0.15, -0.1) is 0 Å². The summed E-state index contributed by atoms with van der Waals surface area (Å²) in [5, 5.41) is 9.83. The molecule has 134 valence electrons. The van der Waals surface area contributed by atoms with Gasteiger partial charge in [0, 0.05) is 11.6 Å². The number of benzene rings is 2. The van der Waals surface area contributed by atoms with Gasteiger partial charge in [0.15, 0.2) is 0 Å². The molecule has 0 saturated heterocycles. The number of fused-ring (bicyclic) bond motifs is 4. The van der Waals surface area contributed by atoms with Gasteiger partial charge in [-0.05, 0) is 48.0 Å². The van der Waals surface area contributed by atoms with Gasteiger partial charge in [0.05, 0.1) is 22.8 Å². The molecule has 0 aliphatic carbocycles. The number of hydrogen-bond donors (Lipinski definition) is 0. The van der Waals surface area contributed by atoms with Crippen LogP contribution < -0.4 is 4.74 Å². The highest BCUT2D eigenvalue weighted by Crippen LogP contribution is 2.41. The molecular weight excluding hydrogens is 357 g/mol. The third-order valence-electron chi connectivity index (χ3n) is 4.76. The summed E-state index contributed by atoms with van der Waals surface area (Å²) in [6.07, 6.45) is 1.68. The average Bonchev–Trinajstić information content (AvgIpc) is 3.28. The second kappa shape index (κ2) is 6.03. The third kappa shape index (κ3) is 2.37. The summed E-state index contributed by atoms with van der Waals surface area (Å²) in [6.45, 7) is 0.103. The summed E-state index contributed by atoms with van der Waals surface area (Å²) in [5.74, 6) is -0.179. The van der Waals surface area contributed by atoms with E-state index in [-0.39, 0.29) is 18.3 Å². The predicted octanol–water partition coefficient (Wildman–Crippen LogP) is 4.29. The Balaban J connectivity index is 1.70. The number of rotatable bonds is 3. The molecule has 1 aliphatic heterocycles. The number of nitrogens with zero attached hydrogens (tertiary/aromatic N) is 3. The van der Waals surface area contributed by atoms with Gasteiger partial charge in [-0.25, -0.2) is 9.37 Å². The third-order valence-corrected chi connectivity index (χ3v) is 4.76. The molecular formula is C22H12FN3O2. The molecule has 2 aromatic carbocycles. The maximum atomic E-state index is 13.5. The van der Waals surface area contributed by atoms with Crippen LogP contribution in [0.25, 0.3) is 22.3 Å². The molecule has 0 N–H and O–H groups in total. The van der Waals surface area contributed by atoms with Crippen molar-refractivity contribution in [2.24, 2.45) is 0 Å². The largest absolute Gasteiger partial charge is 0.487 e. The van der Waals surface area contributed by atoms with Gasteiger partial charge in [0.25, 0.3) is 5.91 Å². The smallest absolute Gasteiger partial charge is 0.268 e. The molecule has 0 bridgehead atoms. The van der Waals surface area contributed by atoms with Crippen LogP contribution in [0.5, 0.6) is 5.75 Å². The second-order valence-electron chi connectivity index (χ2n) is 6.50. The van der Waals surface area contributed by atoms with E-state index < -0.39 is 0 Å². The van der Waals surface area contributed by atoms with Gasteiger partial charge >= 0.3 is 0 Å². The van der Waals surface area contributed by atoms with Gasteiger partial charge in [0.2, 0.25) is 0 Å².